The first kappa shape index (κ1) is 17.0. The number of sulfone groups is 1. The van der Waals surface area contributed by atoms with E-state index in [0.717, 1.165) is 30.2 Å². The second kappa shape index (κ2) is 6.36. The number of rotatable bonds is 3. The molecular formula is C20H21N3O2S. The average molecular weight is 367 g/mol. The summed E-state index contributed by atoms with van der Waals surface area (Å²) in [5, 5.41) is 4.27. The maximum atomic E-state index is 11.9. The highest BCUT2D eigenvalue weighted by Crippen LogP contribution is 2.34. The monoisotopic (exact) mass is 367 g/mol. The summed E-state index contributed by atoms with van der Waals surface area (Å²) in [5.41, 5.74) is 4.65. The Morgan fingerprint density at radius 3 is 2.77 bits per heavy atom. The third kappa shape index (κ3) is 3.17. The van der Waals surface area contributed by atoms with Crippen molar-refractivity contribution in [2.45, 2.75) is 37.1 Å². The largest absolute Gasteiger partial charge is 0.363 e. The molecule has 0 fully saturated rings. The summed E-state index contributed by atoms with van der Waals surface area (Å²) in [6.45, 7) is 2.10. The lowest BCUT2D eigenvalue weighted by Crippen LogP contribution is -2.18. The van der Waals surface area contributed by atoms with E-state index < -0.39 is 9.84 Å². The van der Waals surface area contributed by atoms with Gasteiger partial charge in [0, 0.05) is 11.6 Å². The second-order valence-corrected chi connectivity index (χ2v) is 8.98. The standard InChI is InChI=1S/C20H21N3O2S/c1-13-6-7-14-4-3-5-19(16(14)10-13)23-20-17-11-15(26(2,24)25)8-9-18(17)21-12-22-20/h6-12,19H,3-5H2,1-2H3,(H,21,22,23)/t19-/m0/s1. The van der Waals surface area contributed by atoms with Gasteiger partial charge in [0.2, 0.25) is 0 Å². The zero-order valence-corrected chi connectivity index (χ0v) is 15.7. The van der Waals surface area contributed by atoms with Crippen molar-refractivity contribution in [3.63, 3.8) is 0 Å². The van der Waals surface area contributed by atoms with Crippen LogP contribution in [0, 0.1) is 6.92 Å². The maximum Gasteiger partial charge on any atom is 0.175 e. The highest BCUT2D eigenvalue weighted by Gasteiger charge is 2.21. The second-order valence-electron chi connectivity index (χ2n) is 6.96. The third-order valence-electron chi connectivity index (χ3n) is 4.96. The van der Waals surface area contributed by atoms with E-state index in [1.54, 1.807) is 18.2 Å². The van der Waals surface area contributed by atoms with E-state index in [0.29, 0.717) is 5.82 Å². The normalized spacial score (nSPS) is 17.1. The minimum Gasteiger partial charge on any atom is -0.363 e. The highest BCUT2D eigenvalue weighted by atomic mass is 32.2. The summed E-state index contributed by atoms with van der Waals surface area (Å²) in [5.74, 6) is 0.680. The van der Waals surface area contributed by atoms with Crippen molar-refractivity contribution in [1.82, 2.24) is 9.97 Å². The Balaban J connectivity index is 1.78. The predicted molar refractivity (Wildman–Crippen MR) is 103 cm³/mol. The van der Waals surface area contributed by atoms with Crippen molar-refractivity contribution in [3.05, 3.63) is 59.4 Å². The molecule has 4 rings (SSSR count). The zero-order valence-electron chi connectivity index (χ0n) is 14.9. The first-order valence-electron chi connectivity index (χ1n) is 8.72. The average Bonchev–Trinajstić information content (AvgIpc) is 2.61. The molecule has 1 aliphatic rings. The molecule has 0 radical (unpaired) electrons. The molecule has 6 heteroatoms. The lowest BCUT2D eigenvalue weighted by atomic mass is 9.86. The van der Waals surface area contributed by atoms with Crippen LogP contribution in [0.15, 0.2) is 47.6 Å². The zero-order chi connectivity index (χ0) is 18.3. The minimum atomic E-state index is -3.28. The van der Waals surface area contributed by atoms with Crippen LogP contribution in [0.2, 0.25) is 0 Å². The summed E-state index contributed by atoms with van der Waals surface area (Å²) in [6, 6.07) is 11.7. The molecule has 1 heterocycles. The van der Waals surface area contributed by atoms with E-state index in [1.807, 2.05) is 0 Å². The topological polar surface area (TPSA) is 72.0 Å². The number of aromatic nitrogens is 2. The Morgan fingerprint density at radius 1 is 1.12 bits per heavy atom. The van der Waals surface area contributed by atoms with E-state index in [2.05, 4.69) is 40.4 Å². The summed E-state index contributed by atoms with van der Waals surface area (Å²) < 4.78 is 23.8. The van der Waals surface area contributed by atoms with Crippen molar-refractivity contribution in [3.8, 4) is 0 Å². The molecule has 3 aromatic rings. The van der Waals surface area contributed by atoms with Gasteiger partial charge in [-0.1, -0.05) is 23.8 Å². The predicted octanol–water partition coefficient (Wildman–Crippen LogP) is 3.83. The number of hydrogen-bond donors (Lipinski definition) is 1. The molecule has 0 bridgehead atoms. The van der Waals surface area contributed by atoms with Crippen molar-refractivity contribution >= 4 is 26.6 Å². The lowest BCUT2D eigenvalue weighted by Gasteiger charge is -2.27. The third-order valence-corrected chi connectivity index (χ3v) is 6.07. The molecule has 134 valence electrons. The fourth-order valence-electron chi connectivity index (χ4n) is 3.61. The first-order valence-corrected chi connectivity index (χ1v) is 10.6. The minimum absolute atomic E-state index is 0.165. The van der Waals surface area contributed by atoms with Crippen LogP contribution >= 0.6 is 0 Å². The van der Waals surface area contributed by atoms with Crippen LogP contribution < -0.4 is 5.32 Å². The molecular weight excluding hydrogens is 346 g/mol. The van der Waals surface area contributed by atoms with Crippen LogP contribution in [0.1, 0.15) is 35.6 Å². The molecule has 1 atom stereocenters. The Labute approximate surface area is 153 Å². The van der Waals surface area contributed by atoms with Gasteiger partial charge in [-0.3, -0.25) is 0 Å². The van der Waals surface area contributed by atoms with Crippen molar-refractivity contribution < 1.29 is 8.42 Å². The van der Waals surface area contributed by atoms with Gasteiger partial charge < -0.3 is 5.32 Å². The molecule has 2 aromatic carbocycles. The number of benzene rings is 2. The van der Waals surface area contributed by atoms with Gasteiger partial charge >= 0.3 is 0 Å². The van der Waals surface area contributed by atoms with E-state index in [-0.39, 0.29) is 10.9 Å². The summed E-state index contributed by atoms with van der Waals surface area (Å²) in [7, 11) is -3.28. The summed E-state index contributed by atoms with van der Waals surface area (Å²) in [4.78, 5) is 8.95. The Kier molecular flexibility index (Phi) is 4.15. The molecule has 0 aliphatic heterocycles. The van der Waals surface area contributed by atoms with Gasteiger partial charge in [-0.05, 0) is 55.5 Å². The van der Waals surface area contributed by atoms with Gasteiger partial charge in [-0.2, -0.15) is 0 Å². The van der Waals surface area contributed by atoms with Crippen molar-refractivity contribution in [2.24, 2.45) is 0 Å². The molecule has 1 N–H and O–H groups in total. The van der Waals surface area contributed by atoms with E-state index >= 15 is 0 Å². The number of anilines is 1. The lowest BCUT2D eigenvalue weighted by molar-refractivity contribution is 0.598. The van der Waals surface area contributed by atoms with Gasteiger partial charge in [0.1, 0.15) is 12.1 Å². The molecule has 0 amide bonds. The number of nitrogens with one attached hydrogen (secondary N) is 1. The van der Waals surface area contributed by atoms with Gasteiger partial charge in [0.15, 0.2) is 9.84 Å². The van der Waals surface area contributed by atoms with Crippen LogP contribution in [0.4, 0.5) is 5.82 Å². The van der Waals surface area contributed by atoms with Crippen LogP contribution in [0.3, 0.4) is 0 Å². The van der Waals surface area contributed by atoms with Crippen LogP contribution in [-0.2, 0) is 16.3 Å². The van der Waals surface area contributed by atoms with Crippen LogP contribution in [-0.4, -0.2) is 24.6 Å². The molecule has 5 nitrogen and oxygen atoms in total. The van der Waals surface area contributed by atoms with Crippen LogP contribution in [0.25, 0.3) is 10.9 Å². The number of fused-ring (bicyclic) bond motifs is 2. The number of nitrogens with zero attached hydrogens (tertiary/aromatic N) is 2. The van der Waals surface area contributed by atoms with Crippen LogP contribution in [0.5, 0.6) is 0 Å². The summed E-state index contributed by atoms with van der Waals surface area (Å²) >= 11 is 0. The molecule has 0 saturated heterocycles. The molecule has 0 unspecified atom stereocenters. The Bertz CT molecular complexity index is 1090. The smallest absolute Gasteiger partial charge is 0.175 e. The summed E-state index contributed by atoms with van der Waals surface area (Å²) in [6.07, 6.45) is 5.96. The van der Waals surface area contributed by atoms with E-state index in [4.69, 9.17) is 0 Å². The molecule has 26 heavy (non-hydrogen) atoms. The fraction of sp³-hybridized carbons (Fsp3) is 0.300. The molecule has 1 aliphatic carbocycles. The highest BCUT2D eigenvalue weighted by molar-refractivity contribution is 7.90. The number of hydrogen-bond acceptors (Lipinski definition) is 5. The van der Waals surface area contributed by atoms with Crippen molar-refractivity contribution in [2.75, 3.05) is 11.6 Å². The van der Waals surface area contributed by atoms with Gasteiger partial charge in [-0.15, -0.1) is 0 Å². The van der Waals surface area contributed by atoms with Gasteiger partial charge in [0.05, 0.1) is 16.5 Å². The quantitative estimate of drug-likeness (QED) is 0.762. The Hall–Kier alpha value is -2.47. The fourth-order valence-corrected chi connectivity index (χ4v) is 4.26. The van der Waals surface area contributed by atoms with Gasteiger partial charge in [0.25, 0.3) is 0 Å². The first-order chi connectivity index (χ1) is 12.4. The molecule has 0 spiro atoms. The molecule has 0 saturated carbocycles. The SMILES string of the molecule is Cc1ccc2c(c1)[C@@H](Nc1ncnc3ccc(S(C)(=O)=O)cc13)CCC2. The molecule has 1 aromatic heterocycles. The van der Waals surface area contributed by atoms with E-state index in [9.17, 15) is 8.42 Å². The maximum absolute atomic E-state index is 11.9. The van der Waals surface area contributed by atoms with Crippen molar-refractivity contribution in [1.29, 1.82) is 0 Å². The Morgan fingerprint density at radius 2 is 1.96 bits per heavy atom. The number of aryl methyl sites for hydroxylation is 2. The van der Waals surface area contributed by atoms with Gasteiger partial charge in [-0.25, -0.2) is 18.4 Å². The van der Waals surface area contributed by atoms with E-state index in [1.165, 1.54) is 29.3 Å².